The predicted octanol–water partition coefficient (Wildman–Crippen LogP) is 0.0397. The van der Waals surface area contributed by atoms with Crippen LogP contribution in [0.15, 0.2) is 4.99 Å². The molecular weight excluding hydrogens is 192 g/mol. The number of hydrogen-bond donors (Lipinski definition) is 2. The van der Waals surface area contributed by atoms with Crippen molar-refractivity contribution in [1.29, 1.82) is 0 Å². The quantitative estimate of drug-likeness (QED) is 0.502. The Hall–Kier alpha value is -1.26. The van der Waals surface area contributed by atoms with E-state index in [9.17, 15) is 4.79 Å². The van der Waals surface area contributed by atoms with Gasteiger partial charge in [0.1, 0.15) is 6.54 Å². The van der Waals surface area contributed by atoms with Crippen LogP contribution in [0.4, 0.5) is 0 Å². The van der Waals surface area contributed by atoms with Gasteiger partial charge in [-0.25, -0.2) is 4.99 Å². The van der Waals surface area contributed by atoms with Gasteiger partial charge in [-0.05, 0) is 13.3 Å². The van der Waals surface area contributed by atoms with Gasteiger partial charge in [-0.1, -0.05) is 6.92 Å². The molecule has 0 aliphatic rings. The minimum absolute atomic E-state index is 0.00343. The second-order valence-corrected chi connectivity index (χ2v) is 3.41. The first kappa shape index (κ1) is 13.7. The van der Waals surface area contributed by atoms with Crippen LogP contribution in [0.25, 0.3) is 0 Å². The third-order valence-corrected chi connectivity index (χ3v) is 1.76. The first-order chi connectivity index (χ1) is 7.11. The van der Waals surface area contributed by atoms with E-state index in [1.165, 1.54) is 4.90 Å². The fraction of sp³-hybridized carbons (Fsp3) is 0.800. The smallest absolute Gasteiger partial charge is 0.243 e. The van der Waals surface area contributed by atoms with Crippen molar-refractivity contribution in [3.8, 4) is 0 Å². The van der Waals surface area contributed by atoms with Crippen LogP contribution in [0.3, 0.4) is 0 Å². The van der Waals surface area contributed by atoms with Gasteiger partial charge in [0.05, 0.1) is 0 Å². The standard InChI is InChI=1S/C10H22N4O/c1-5-7-12-10(11-6-2)13-8-9(15)14(3)4/h5-8H2,1-4H3,(H2,11,12,13). The number of hydrogen-bond acceptors (Lipinski definition) is 2. The lowest BCUT2D eigenvalue weighted by Gasteiger charge is -2.11. The van der Waals surface area contributed by atoms with Crippen molar-refractivity contribution >= 4 is 11.9 Å². The summed E-state index contributed by atoms with van der Waals surface area (Å²) in [7, 11) is 3.45. The topological polar surface area (TPSA) is 56.7 Å². The molecule has 5 heteroatoms. The minimum atomic E-state index is 0.00343. The van der Waals surface area contributed by atoms with Gasteiger partial charge in [0.25, 0.3) is 0 Å². The third kappa shape index (κ3) is 6.76. The fourth-order valence-electron chi connectivity index (χ4n) is 0.873. The van der Waals surface area contributed by atoms with Gasteiger partial charge in [-0.3, -0.25) is 4.79 Å². The molecule has 0 spiro atoms. The SMILES string of the molecule is CCCNC(=NCC(=O)N(C)C)NCC. The van der Waals surface area contributed by atoms with Gasteiger partial charge < -0.3 is 15.5 Å². The number of nitrogens with zero attached hydrogens (tertiary/aromatic N) is 2. The zero-order valence-corrected chi connectivity index (χ0v) is 10.1. The second-order valence-electron chi connectivity index (χ2n) is 3.41. The number of rotatable bonds is 5. The zero-order chi connectivity index (χ0) is 11.7. The average molecular weight is 214 g/mol. The van der Waals surface area contributed by atoms with Crippen molar-refractivity contribution < 1.29 is 4.79 Å². The van der Waals surface area contributed by atoms with Crippen molar-refractivity contribution in [2.24, 2.45) is 4.99 Å². The summed E-state index contributed by atoms with van der Waals surface area (Å²) in [5.41, 5.74) is 0. The number of amides is 1. The first-order valence-electron chi connectivity index (χ1n) is 5.34. The molecule has 0 saturated carbocycles. The highest BCUT2D eigenvalue weighted by molar-refractivity contribution is 5.84. The lowest BCUT2D eigenvalue weighted by Crippen LogP contribution is -2.38. The summed E-state index contributed by atoms with van der Waals surface area (Å²) in [6.07, 6.45) is 1.03. The Morgan fingerprint density at radius 1 is 1.27 bits per heavy atom. The second kappa shape index (κ2) is 8.08. The minimum Gasteiger partial charge on any atom is -0.357 e. The molecule has 0 atom stereocenters. The third-order valence-electron chi connectivity index (χ3n) is 1.76. The summed E-state index contributed by atoms with van der Waals surface area (Å²) >= 11 is 0. The monoisotopic (exact) mass is 214 g/mol. The Morgan fingerprint density at radius 3 is 2.40 bits per heavy atom. The van der Waals surface area contributed by atoms with Gasteiger partial charge in [0.15, 0.2) is 5.96 Å². The number of aliphatic imine (C=N–C) groups is 1. The molecule has 0 fully saturated rings. The van der Waals surface area contributed by atoms with Crippen LogP contribution in [-0.2, 0) is 4.79 Å². The molecule has 88 valence electrons. The van der Waals surface area contributed by atoms with E-state index in [0.29, 0.717) is 5.96 Å². The molecule has 0 aromatic heterocycles. The molecule has 0 saturated heterocycles. The van der Waals surface area contributed by atoms with Gasteiger partial charge >= 0.3 is 0 Å². The Kier molecular flexibility index (Phi) is 7.40. The normalized spacial score (nSPS) is 11.1. The number of guanidine groups is 1. The molecule has 0 aromatic carbocycles. The molecule has 15 heavy (non-hydrogen) atoms. The van der Waals surface area contributed by atoms with E-state index in [-0.39, 0.29) is 12.5 Å². The molecule has 0 heterocycles. The summed E-state index contributed by atoms with van der Waals surface area (Å²) < 4.78 is 0. The first-order valence-corrected chi connectivity index (χ1v) is 5.34. The molecule has 2 N–H and O–H groups in total. The Labute approximate surface area is 91.9 Å². The number of carbonyl (C=O) groups excluding carboxylic acids is 1. The van der Waals surface area contributed by atoms with Crippen LogP contribution >= 0.6 is 0 Å². The van der Waals surface area contributed by atoms with Crippen molar-refractivity contribution in [2.75, 3.05) is 33.7 Å². The Morgan fingerprint density at radius 2 is 1.93 bits per heavy atom. The van der Waals surface area contributed by atoms with E-state index in [2.05, 4.69) is 22.5 Å². The Bertz CT molecular complexity index is 213. The van der Waals surface area contributed by atoms with Gasteiger partial charge in [-0.15, -0.1) is 0 Å². The summed E-state index contributed by atoms with van der Waals surface area (Å²) in [6.45, 7) is 5.93. The van der Waals surface area contributed by atoms with E-state index in [0.717, 1.165) is 19.5 Å². The van der Waals surface area contributed by atoms with E-state index in [1.54, 1.807) is 14.1 Å². The fourth-order valence-corrected chi connectivity index (χ4v) is 0.873. The molecule has 5 nitrogen and oxygen atoms in total. The molecule has 0 bridgehead atoms. The summed E-state index contributed by atoms with van der Waals surface area (Å²) in [4.78, 5) is 17.0. The van der Waals surface area contributed by atoms with Crippen LogP contribution in [0.1, 0.15) is 20.3 Å². The number of nitrogens with one attached hydrogen (secondary N) is 2. The van der Waals surface area contributed by atoms with Crippen LogP contribution in [-0.4, -0.2) is 50.5 Å². The Balaban J connectivity index is 4.09. The maximum Gasteiger partial charge on any atom is 0.243 e. The lowest BCUT2D eigenvalue weighted by molar-refractivity contribution is -0.127. The highest BCUT2D eigenvalue weighted by Crippen LogP contribution is 1.81. The van der Waals surface area contributed by atoms with E-state index >= 15 is 0 Å². The number of likely N-dealkylation sites (N-methyl/N-ethyl adjacent to an activating group) is 1. The van der Waals surface area contributed by atoms with E-state index in [4.69, 9.17) is 0 Å². The van der Waals surface area contributed by atoms with E-state index < -0.39 is 0 Å². The number of carbonyl (C=O) groups is 1. The molecular formula is C10H22N4O. The van der Waals surface area contributed by atoms with Crippen LogP contribution in [0.2, 0.25) is 0 Å². The molecule has 0 aliphatic heterocycles. The van der Waals surface area contributed by atoms with E-state index in [1.807, 2.05) is 6.92 Å². The highest BCUT2D eigenvalue weighted by atomic mass is 16.2. The van der Waals surface area contributed by atoms with Crippen LogP contribution in [0.5, 0.6) is 0 Å². The maximum atomic E-state index is 11.3. The summed E-state index contributed by atoms with van der Waals surface area (Å²) in [5, 5.41) is 6.21. The van der Waals surface area contributed by atoms with Gasteiger partial charge in [0.2, 0.25) is 5.91 Å². The molecule has 0 aliphatic carbocycles. The summed E-state index contributed by atoms with van der Waals surface area (Å²) in [5.74, 6) is 0.707. The predicted molar refractivity (Wildman–Crippen MR) is 63.0 cm³/mol. The van der Waals surface area contributed by atoms with Gasteiger partial charge in [0, 0.05) is 27.2 Å². The van der Waals surface area contributed by atoms with Crippen molar-refractivity contribution in [3.63, 3.8) is 0 Å². The molecule has 0 unspecified atom stereocenters. The highest BCUT2D eigenvalue weighted by Gasteiger charge is 2.02. The zero-order valence-electron chi connectivity index (χ0n) is 10.1. The lowest BCUT2D eigenvalue weighted by atomic mass is 10.5. The molecule has 0 radical (unpaired) electrons. The molecule has 1 amide bonds. The van der Waals surface area contributed by atoms with Crippen molar-refractivity contribution in [2.45, 2.75) is 20.3 Å². The molecule has 0 rings (SSSR count). The largest absolute Gasteiger partial charge is 0.357 e. The van der Waals surface area contributed by atoms with Crippen LogP contribution in [0, 0.1) is 0 Å². The maximum absolute atomic E-state index is 11.3. The van der Waals surface area contributed by atoms with Crippen molar-refractivity contribution in [3.05, 3.63) is 0 Å². The molecule has 0 aromatic rings. The van der Waals surface area contributed by atoms with Crippen molar-refractivity contribution in [1.82, 2.24) is 15.5 Å². The average Bonchev–Trinajstić information content (AvgIpc) is 2.21. The summed E-state index contributed by atoms with van der Waals surface area (Å²) in [6, 6.07) is 0. The van der Waals surface area contributed by atoms with Crippen LogP contribution < -0.4 is 10.6 Å². The van der Waals surface area contributed by atoms with Gasteiger partial charge in [-0.2, -0.15) is 0 Å².